The molecular formula is C46H40N2O. The Balaban J connectivity index is 1.24. The van der Waals surface area contributed by atoms with E-state index < -0.39 is 0 Å². The van der Waals surface area contributed by atoms with Crippen molar-refractivity contribution in [2.24, 2.45) is 0 Å². The smallest absolute Gasteiger partial charge is 0.213 e. The van der Waals surface area contributed by atoms with Gasteiger partial charge in [0, 0.05) is 32.9 Å². The van der Waals surface area contributed by atoms with E-state index >= 15 is 0 Å². The van der Waals surface area contributed by atoms with Crippen LogP contribution in [0.5, 0.6) is 0 Å². The largest absolute Gasteiger partial charge is 0.439 e. The lowest BCUT2D eigenvalue weighted by molar-refractivity contribution is 0.590. The second-order valence-corrected chi connectivity index (χ2v) is 15.5. The molecule has 0 saturated heterocycles. The Morgan fingerprint density at radius 3 is 1.65 bits per heavy atom. The zero-order chi connectivity index (χ0) is 33.7. The minimum Gasteiger partial charge on any atom is -0.439 e. The van der Waals surface area contributed by atoms with Gasteiger partial charge >= 0.3 is 0 Å². The number of hydrogen-bond donors (Lipinski definition) is 0. The normalized spacial score (nSPS) is 12.7. The molecule has 9 aromatic rings. The Labute approximate surface area is 287 Å². The van der Waals surface area contributed by atoms with E-state index in [1.54, 1.807) is 0 Å². The Hall–Kier alpha value is -5.54. The highest BCUT2D eigenvalue weighted by atomic mass is 16.3. The van der Waals surface area contributed by atoms with Crippen LogP contribution in [-0.4, -0.2) is 9.13 Å². The molecule has 49 heavy (non-hydrogen) atoms. The molecule has 0 N–H and O–H groups in total. The lowest BCUT2D eigenvalue weighted by Gasteiger charge is -2.19. The maximum atomic E-state index is 6.69. The molecule has 0 bridgehead atoms. The van der Waals surface area contributed by atoms with Crippen LogP contribution in [0, 0.1) is 0 Å². The molecule has 0 atom stereocenters. The number of para-hydroxylation sites is 2. The Morgan fingerprint density at radius 2 is 1.02 bits per heavy atom. The van der Waals surface area contributed by atoms with Gasteiger partial charge in [0.1, 0.15) is 5.58 Å². The lowest BCUT2D eigenvalue weighted by Crippen LogP contribution is -2.10. The summed E-state index contributed by atoms with van der Waals surface area (Å²) in [5.41, 5.74) is 12.8. The van der Waals surface area contributed by atoms with Crippen molar-refractivity contribution in [3.05, 3.63) is 145 Å². The molecule has 6 aromatic carbocycles. The van der Waals surface area contributed by atoms with Crippen LogP contribution in [0.3, 0.4) is 0 Å². The van der Waals surface area contributed by atoms with Crippen LogP contribution < -0.4 is 0 Å². The highest BCUT2D eigenvalue weighted by Gasteiger charge is 2.23. The SMILES string of the molecule is CC(C)(C)c1ccc2c(c1)c1cc(C(C)(C)C)ccc1n2-c1ccc(-c2cccc3oc4c(c5ccccc5n4-c4ccccc4)c23)cc1. The fraction of sp³-hybridized carbons (Fsp3) is 0.174. The van der Waals surface area contributed by atoms with Gasteiger partial charge in [0.2, 0.25) is 5.71 Å². The summed E-state index contributed by atoms with van der Waals surface area (Å²) in [6.07, 6.45) is 0. The minimum absolute atomic E-state index is 0.0683. The van der Waals surface area contributed by atoms with E-state index in [1.165, 1.54) is 49.4 Å². The summed E-state index contributed by atoms with van der Waals surface area (Å²) in [7, 11) is 0. The molecular weight excluding hydrogens is 597 g/mol. The van der Waals surface area contributed by atoms with E-state index in [0.29, 0.717) is 0 Å². The molecule has 0 aliphatic carbocycles. The Morgan fingerprint density at radius 1 is 0.449 bits per heavy atom. The van der Waals surface area contributed by atoms with E-state index in [4.69, 9.17) is 4.42 Å². The third-order valence-corrected chi connectivity index (χ3v) is 10.3. The third kappa shape index (κ3) is 4.56. The molecule has 0 unspecified atom stereocenters. The first-order valence-corrected chi connectivity index (χ1v) is 17.3. The molecule has 0 aliphatic heterocycles. The first-order chi connectivity index (χ1) is 23.6. The fourth-order valence-electron chi connectivity index (χ4n) is 7.63. The molecule has 0 fully saturated rings. The fourth-order valence-corrected chi connectivity index (χ4v) is 7.63. The molecule has 240 valence electrons. The second-order valence-electron chi connectivity index (χ2n) is 15.5. The van der Waals surface area contributed by atoms with Gasteiger partial charge in [0.25, 0.3) is 0 Å². The van der Waals surface area contributed by atoms with Crippen molar-refractivity contribution in [1.82, 2.24) is 9.13 Å². The summed E-state index contributed by atoms with van der Waals surface area (Å²) in [4.78, 5) is 0. The number of fused-ring (bicyclic) bond motifs is 8. The summed E-state index contributed by atoms with van der Waals surface area (Å²) >= 11 is 0. The van der Waals surface area contributed by atoms with E-state index in [1.807, 2.05) is 0 Å². The van der Waals surface area contributed by atoms with Crippen molar-refractivity contribution in [3.8, 4) is 22.5 Å². The number of furan rings is 1. The van der Waals surface area contributed by atoms with Crippen LogP contribution in [-0.2, 0) is 10.8 Å². The molecule has 0 radical (unpaired) electrons. The molecule has 0 spiro atoms. The van der Waals surface area contributed by atoms with E-state index in [2.05, 4.69) is 184 Å². The van der Waals surface area contributed by atoms with Crippen molar-refractivity contribution in [2.75, 3.05) is 0 Å². The van der Waals surface area contributed by atoms with Gasteiger partial charge < -0.3 is 8.98 Å². The molecule has 3 heterocycles. The maximum Gasteiger partial charge on any atom is 0.213 e. The van der Waals surface area contributed by atoms with Gasteiger partial charge in [-0.05, 0) is 93.7 Å². The Kier molecular flexibility index (Phi) is 6.33. The molecule has 0 aliphatic rings. The molecule has 0 amide bonds. The number of aromatic nitrogens is 2. The summed E-state index contributed by atoms with van der Waals surface area (Å²) in [6.45, 7) is 13.8. The molecule has 3 nitrogen and oxygen atoms in total. The number of hydrogen-bond acceptors (Lipinski definition) is 1. The van der Waals surface area contributed by atoms with E-state index in [-0.39, 0.29) is 10.8 Å². The second kappa shape index (κ2) is 10.5. The first kappa shape index (κ1) is 29.6. The topological polar surface area (TPSA) is 23.0 Å². The van der Waals surface area contributed by atoms with Gasteiger partial charge in [0.15, 0.2) is 0 Å². The highest BCUT2D eigenvalue weighted by Crippen LogP contribution is 2.43. The van der Waals surface area contributed by atoms with Crippen LogP contribution >= 0.6 is 0 Å². The average Bonchev–Trinajstić information content (AvgIpc) is 3.74. The van der Waals surface area contributed by atoms with Crippen molar-refractivity contribution in [2.45, 2.75) is 52.4 Å². The molecule has 9 rings (SSSR count). The molecule has 0 saturated carbocycles. The van der Waals surface area contributed by atoms with Crippen molar-refractivity contribution >= 4 is 54.8 Å². The summed E-state index contributed by atoms with van der Waals surface area (Å²) in [5.74, 6) is 0. The number of nitrogens with zero attached hydrogens (tertiary/aromatic N) is 2. The zero-order valence-corrected chi connectivity index (χ0v) is 29.0. The number of benzene rings is 6. The van der Waals surface area contributed by atoms with Gasteiger partial charge in [-0.15, -0.1) is 0 Å². The van der Waals surface area contributed by atoms with Gasteiger partial charge in [-0.3, -0.25) is 4.57 Å². The van der Waals surface area contributed by atoms with Crippen LogP contribution in [0.1, 0.15) is 52.7 Å². The molecule has 3 heteroatoms. The minimum atomic E-state index is 0.0683. The Bertz CT molecular complexity index is 2630. The quantitative estimate of drug-likeness (QED) is 0.189. The van der Waals surface area contributed by atoms with Gasteiger partial charge in [0.05, 0.1) is 21.9 Å². The third-order valence-electron chi connectivity index (χ3n) is 10.3. The van der Waals surface area contributed by atoms with Crippen molar-refractivity contribution in [3.63, 3.8) is 0 Å². The predicted octanol–water partition coefficient (Wildman–Crippen LogP) is 12.9. The van der Waals surface area contributed by atoms with Gasteiger partial charge in [-0.2, -0.15) is 0 Å². The predicted molar refractivity (Wildman–Crippen MR) is 208 cm³/mol. The standard InChI is InChI=1S/C46H40N2O/c1-45(2,3)30-21-25-39-36(27-30)37-28-31(46(4,5)6)22-26-40(37)47(39)33-23-19-29(20-24-33)34-16-12-18-41-42(34)43-35-15-10-11-17-38(35)48(44(43)49-41)32-13-8-7-9-14-32/h7-28H,1-6H3. The highest BCUT2D eigenvalue weighted by molar-refractivity contribution is 6.23. The van der Waals surface area contributed by atoms with Crippen molar-refractivity contribution < 1.29 is 4.42 Å². The zero-order valence-electron chi connectivity index (χ0n) is 29.0. The summed E-state index contributed by atoms with van der Waals surface area (Å²) in [5, 5.41) is 6.10. The van der Waals surface area contributed by atoms with Crippen LogP contribution in [0.4, 0.5) is 0 Å². The van der Waals surface area contributed by atoms with Crippen molar-refractivity contribution in [1.29, 1.82) is 0 Å². The van der Waals surface area contributed by atoms with Crippen LogP contribution in [0.2, 0.25) is 0 Å². The lowest BCUT2D eigenvalue weighted by atomic mass is 9.85. The van der Waals surface area contributed by atoms with Gasteiger partial charge in [-0.25, -0.2) is 0 Å². The van der Waals surface area contributed by atoms with E-state index in [9.17, 15) is 0 Å². The van der Waals surface area contributed by atoms with Crippen LogP contribution in [0.25, 0.3) is 77.3 Å². The average molecular weight is 637 g/mol. The monoisotopic (exact) mass is 636 g/mol. The summed E-state index contributed by atoms with van der Waals surface area (Å²) < 4.78 is 11.4. The van der Waals surface area contributed by atoms with Crippen LogP contribution in [0.15, 0.2) is 138 Å². The van der Waals surface area contributed by atoms with E-state index in [0.717, 1.165) is 39.0 Å². The first-order valence-electron chi connectivity index (χ1n) is 17.3. The van der Waals surface area contributed by atoms with Gasteiger partial charge in [-0.1, -0.05) is 114 Å². The number of rotatable bonds is 3. The molecule has 3 aromatic heterocycles. The summed E-state index contributed by atoms with van der Waals surface area (Å²) in [6, 6.07) is 48.6. The maximum absolute atomic E-state index is 6.69.